The van der Waals surface area contributed by atoms with Gasteiger partial charge >= 0.3 is 5.97 Å². The Morgan fingerprint density at radius 3 is 2.57 bits per heavy atom. The van der Waals surface area contributed by atoms with Crippen molar-refractivity contribution in [3.8, 4) is 0 Å². The van der Waals surface area contributed by atoms with Crippen molar-refractivity contribution in [3.63, 3.8) is 0 Å². The maximum absolute atomic E-state index is 13.5. The zero-order chi connectivity index (χ0) is 31.0. The number of aromatic nitrogens is 1. The standard InChI is InChI=1S/C31H43N5O6/c1-7-23-13-12-22-11-10-21(17-25(22)34-23)14-15-31(5,18-41-6)30(40)42-26(19(2)3)28(38)33-20(4)29(39)36-16-8-9-24(35-36)27(32)37/h10-15,17,19-20,24,26,35H,7-9,16,18H2,1-6H3,(H2,32,37)(H,33,38)/b15-14+/t20?,24?,26?,31-/m0/s1. The fraction of sp³-hybridized carbons (Fsp3) is 0.516. The third-order valence-electron chi connectivity index (χ3n) is 7.31. The van der Waals surface area contributed by atoms with Crippen LogP contribution in [0.15, 0.2) is 36.4 Å². The Morgan fingerprint density at radius 2 is 1.93 bits per heavy atom. The molecule has 1 saturated heterocycles. The van der Waals surface area contributed by atoms with E-state index in [2.05, 4.69) is 22.7 Å². The summed E-state index contributed by atoms with van der Waals surface area (Å²) in [6.45, 7) is 9.18. The van der Waals surface area contributed by atoms with Crippen LogP contribution in [-0.4, -0.2) is 72.1 Å². The van der Waals surface area contributed by atoms with Gasteiger partial charge in [-0.2, -0.15) is 0 Å². The number of esters is 1. The molecule has 1 fully saturated rings. The Balaban J connectivity index is 1.72. The van der Waals surface area contributed by atoms with Crippen LogP contribution in [0.2, 0.25) is 0 Å². The van der Waals surface area contributed by atoms with Crippen molar-refractivity contribution in [2.45, 2.75) is 72.1 Å². The minimum atomic E-state index is -1.20. The molecule has 42 heavy (non-hydrogen) atoms. The summed E-state index contributed by atoms with van der Waals surface area (Å²) in [6.07, 6.45) is 4.33. The lowest BCUT2D eigenvalue weighted by Crippen LogP contribution is -2.60. The molecular formula is C31H43N5O6. The van der Waals surface area contributed by atoms with Gasteiger partial charge in [-0.25, -0.2) is 5.43 Å². The van der Waals surface area contributed by atoms with E-state index in [4.69, 9.17) is 15.2 Å². The lowest BCUT2D eigenvalue weighted by Gasteiger charge is -2.34. The summed E-state index contributed by atoms with van der Waals surface area (Å²) in [5.74, 6) is -2.58. The summed E-state index contributed by atoms with van der Waals surface area (Å²) >= 11 is 0. The molecule has 0 spiro atoms. The highest BCUT2D eigenvalue weighted by Crippen LogP contribution is 2.26. The van der Waals surface area contributed by atoms with Crippen molar-refractivity contribution in [1.82, 2.24) is 20.7 Å². The molecule has 4 N–H and O–H groups in total. The lowest BCUT2D eigenvalue weighted by atomic mass is 9.90. The van der Waals surface area contributed by atoms with Crippen LogP contribution in [0.1, 0.15) is 58.7 Å². The third-order valence-corrected chi connectivity index (χ3v) is 7.31. The fourth-order valence-electron chi connectivity index (χ4n) is 4.72. The highest BCUT2D eigenvalue weighted by atomic mass is 16.6. The number of nitrogens with two attached hydrogens (primary N) is 1. The summed E-state index contributed by atoms with van der Waals surface area (Å²) in [5.41, 5.74) is 9.70. The average Bonchev–Trinajstić information content (AvgIpc) is 2.97. The minimum absolute atomic E-state index is 0.0249. The smallest absolute Gasteiger partial charge is 0.318 e. The Morgan fingerprint density at radius 1 is 1.21 bits per heavy atom. The number of fused-ring (bicyclic) bond motifs is 1. The molecule has 3 unspecified atom stereocenters. The zero-order valence-electron chi connectivity index (χ0n) is 25.3. The summed E-state index contributed by atoms with van der Waals surface area (Å²) < 4.78 is 11.1. The second kappa shape index (κ2) is 14.4. The molecule has 11 heteroatoms. The number of hydrazine groups is 1. The molecule has 2 aromatic rings. The Labute approximate surface area is 247 Å². The molecule has 228 valence electrons. The average molecular weight is 582 g/mol. The lowest BCUT2D eigenvalue weighted by molar-refractivity contribution is -0.168. The second-order valence-electron chi connectivity index (χ2n) is 11.3. The molecule has 1 aromatic heterocycles. The highest BCUT2D eigenvalue weighted by molar-refractivity contribution is 5.91. The van der Waals surface area contributed by atoms with E-state index >= 15 is 0 Å². The zero-order valence-corrected chi connectivity index (χ0v) is 25.3. The summed E-state index contributed by atoms with van der Waals surface area (Å²) in [4.78, 5) is 55.9. The monoisotopic (exact) mass is 581 g/mol. The van der Waals surface area contributed by atoms with Crippen molar-refractivity contribution in [2.24, 2.45) is 17.1 Å². The SMILES string of the molecule is CCc1ccc2ccc(/C=C/[C@@](C)(COC)C(=O)OC(C(=O)NC(C)C(=O)N3CCCC(C(N)=O)N3)C(C)C)cc2n1. The number of methoxy groups -OCH3 is 1. The number of pyridine rings is 1. The maximum Gasteiger partial charge on any atom is 0.318 e. The first-order valence-electron chi connectivity index (χ1n) is 14.3. The van der Waals surface area contributed by atoms with Gasteiger partial charge in [0, 0.05) is 24.7 Å². The Hall–Kier alpha value is -3.83. The summed E-state index contributed by atoms with van der Waals surface area (Å²) in [6, 6.07) is 8.32. The molecule has 2 heterocycles. The predicted octanol–water partition coefficient (Wildman–Crippen LogP) is 2.52. The minimum Gasteiger partial charge on any atom is -0.451 e. The van der Waals surface area contributed by atoms with Crippen LogP contribution in [0.3, 0.4) is 0 Å². The maximum atomic E-state index is 13.5. The molecule has 0 radical (unpaired) electrons. The number of ether oxygens (including phenoxy) is 2. The summed E-state index contributed by atoms with van der Waals surface area (Å²) in [5, 5.41) is 4.97. The molecule has 1 aliphatic heterocycles. The van der Waals surface area contributed by atoms with Gasteiger partial charge in [-0.05, 0) is 56.7 Å². The van der Waals surface area contributed by atoms with E-state index < -0.39 is 47.3 Å². The normalized spacial score (nSPS) is 18.5. The molecule has 3 amide bonds. The van der Waals surface area contributed by atoms with Crippen molar-refractivity contribution >= 4 is 40.7 Å². The van der Waals surface area contributed by atoms with E-state index in [1.807, 2.05) is 36.4 Å². The molecule has 0 saturated carbocycles. The van der Waals surface area contributed by atoms with Crippen LogP contribution < -0.4 is 16.5 Å². The number of benzene rings is 1. The molecule has 4 atom stereocenters. The number of rotatable bonds is 12. The van der Waals surface area contributed by atoms with Crippen LogP contribution in [0.25, 0.3) is 17.0 Å². The van der Waals surface area contributed by atoms with E-state index in [1.165, 1.54) is 19.0 Å². The number of hydrogen-bond acceptors (Lipinski definition) is 8. The van der Waals surface area contributed by atoms with E-state index in [-0.39, 0.29) is 12.5 Å². The predicted molar refractivity (Wildman–Crippen MR) is 160 cm³/mol. The molecule has 0 bridgehead atoms. The molecule has 3 rings (SSSR count). The van der Waals surface area contributed by atoms with Crippen LogP contribution in [0.4, 0.5) is 0 Å². The first-order chi connectivity index (χ1) is 19.9. The van der Waals surface area contributed by atoms with Crippen molar-refractivity contribution < 1.29 is 28.7 Å². The number of hydrogen-bond donors (Lipinski definition) is 3. The quantitative estimate of drug-likeness (QED) is 0.323. The Kier molecular flexibility index (Phi) is 11.2. The highest BCUT2D eigenvalue weighted by Gasteiger charge is 2.38. The summed E-state index contributed by atoms with van der Waals surface area (Å²) in [7, 11) is 1.49. The van der Waals surface area contributed by atoms with Gasteiger partial charge in [0.2, 0.25) is 5.91 Å². The van der Waals surface area contributed by atoms with Gasteiger partial charge in [-0.15, -0.1) is 0 Å². The molecule has 11 nitrogen and oxygen atoms in total. The largest absolute Gasteiger partial charge is 0.451 e. The van der Waals surface area contributed by atoms with Crippen molar-refractivity contribution in [2.75, 3.05) is 20.3 Å². The van der Waals surface area contributed by atoms with E-state index in [0.717, 1.165) is 28.6 Å². The van der Waals surface area contributed by atoms with Gasteiger partial charge in [0.15, 0.2) is 6.10 Å². The third kappa shape index (κ3) is 8.13. The molecule has 1 aliphatic rings. The second-order valence-corrected chi connectivity index (χ2v) is 11.3. The van der Waals surface area contributed by atoms with E-state index in [0.29, 0.717) is 19.4 Å². The van der Waals surface area contributed by atoms with E-state index in [9.17, 15) is 19.2 Å². The van der Waals surface area contributed by atoms with Gasteiger partial charge in [-0.1, -0.05) is 51.1 Å². The Bertz CT molecular complexity index is 1330. The van der Waals surface area contributed by atoms with Gasteiger partial charge < -0.3 is 20.5 Å². The van der Waals surface area contributed by atoms with Crippen LogP contribution >= 0.6 is 0 Å². The number of carbonyl (C=O) groups is 4. The first-order valence-corrected chi connectivity index (χ1v) is 14.3. The molecular weight excluding hydrogens is 538 g/mol. The fourth-order valence-corrected chi connectivity index (χ4v) is 4.72. The number of amides is 3. The van der Waals surface area contributed by atoms with Crippen LogP contribution in [0, 0.1) is 11.3 Å². The number of carbonyl (C=O) groups excluding carboxylic acids is 4. The van der Waals surface area contributed by atoms with Gasteiger partial charge in [0.05, 0.1) is 12.1 Å². The van der Waals surface area contributed by atoms with Gasteiger partial charge in [0.25, 0.3) is 11.8 Å². The number of nitrogens with zero attached hydrogens (tertiary/aromatic N) is 2. The number of primary amides is 1. The van der Waals surface area contributed by atoms with Gasteiger partial charge in [-0.3, -0.25) is 29.2 Å². The van der Waals surface area contributed by atoms with E-state index in [1.54, 1.807) is 26.8 Å². The molecule has 1 aromatic carbocycles. The van der Waals surface area contributed by atoms with Gasteiger partial charge in [0.1, 0.15) is 17.5 Å². The topological polar surface area (TPSA) is 153 Å². The van der Waals surface area contributed by atoms with Crippen molar-refractivity contribution in [1.29, 1.82) is 0 Å². The number of nitrogens with one attached hydrogen (secondary N) is 2. The number of aryl methyl sites for hydroxylation is 1. The van der Waals surface area contributed by atoms with Crippen LogP contribution in [-0.2, 0) is 35.1 Å². The first kappa shape index (κ1) is 32.7. The molecule has 0 aliphatic carbocycles. The van der Waals surface area contributed by atoms with Crippen LogP contribution in [0.5, 0.6) is 0 Å². The van der Waals surface area contributed by atoms with Crippen molar-refractivity contribution in [3.05, 3.63) is 47.7 Å².